The molecule has 0 radical (unpaired) electrons. The van der Waals surface area contributed by atoms with Crippen LogP contribution in [0.2, 0.25) is 0 Å². The molecule has 0 aliphatic heterocycles. The number of allylic oxidation sites excluding steroid dienone is 18. The van der Waals surface area contributed by atoms with E-state index in [9.17, 15) is 14.4 Å². The number of carbonyl (C=O) groups is 3. The second kappa shape index (κ2) is 54.7. The number of esters is 3. The molecule has 0 aromatic carbocycles. The van der Waals surface area contributed by atoms with Gasteiger partial charge in [0.1, 0.15) is 13.2 Å². The normalized spacial score (nSPS) is 12.9. The topological polar surface area (TPSA) is 78.9 Å². The standard InChI is InChI=1S/C61H100O6/c1-4-7-10-13-16-19-22-25-28-31-34-36-39-42-45-48-51-54-60(63)66-57-58(67-61(64)55-52-49-46-43-40-37-33-30-27-24-21-18-15-12-9-6-3)56-65-59(62)53-50-47-44-41-38-35-32-29-26-23-20-17-14-11-8-5-2/h7,9-10,12,16,18-19,21,25,27-28,30,34,36-37,40,42,45,58H,4-6,8,11,13-15,17,20,22-24,26,29,31-33,35,38-39,41,43-44,46-57H2,1-3H3/b10-7-,12-9-,19-16-,21-18-,28-25-,30-27-,36-34-,40-37-,45-42-. The summed E-state index contributed by atoms with van der Waals surface area (Å²) in [4.78, 5) is 38.1. The van der Waals surface area contributed by atoms with Crippen LogP contribution in [0.15, 0.2) is 109 Å². The summed E-state index contributed by atoms with van der Waals surface area (Å²) in [6.07, 6.45) is 73.7. The molecule has 6 heteroatoms. The minimum atomic E-state index is -0.818. The van der Waals surface area contributed by atoms with Gasteiger partial charge in [0.2, 0.25) is 0 Å². The van der Waals surface area contributed by atoms with Crippen molar-refractivity contribution >= 4 is 17.9 Å². The van der Waals surface area contributed by atoms with Crippen LogP contribution < -0.4 is 0 Å². The second-order valence-electron chi connectivity index (χ2n) is 17.7. The van der Waals surface area contributed by atoms with Crippen molar-refractivity contribution < 1.29 is 28.6 Å². The minimum absolute atomic E-state index is 0.109. The van der Waals surface area contributed by atoms with Gasteiger partial charge in [0.15, 0.2) is 6.10 Å². The maximum atomic E-state index is 12.8. The Balaban J connectivity index is 4.53. The zero-order chi connectivity index (χ0) is 48.6. The van der Waals surface area contributed by atoms with Crippen molar-refractivity contribution in [3.05, 3.63) is 109 Å². The first kappa shape index (κ1) is 63.1. The Labute approximate surface area is 412 Å². The Bertz CT molecular complexity index is 1390. The van der Waals surface area contributed by atoms with Gasteiger partial charge in [0.25, 0.3) is 0 Å². The Morgan fingerprint density at radius 2 is 0.597 bits per heavy atom. The van der Waals surface area contributed by atoms with Crippen molar-refractivity contribution in [2.75, 3.05) is 13.2 Å². The van der Waals surface area contributed by atoms with Crippen LogP contribution >= 0.6 is 0 Å². The van der Waals surface area contributed by atoms with Gasteiger partial charge in [-0.3, -0.25) is 14.4 Å². The quantitative estimate of drug-likeness (QED) is 0.0262. The molecule has 0 fully saturated rings. The minimum Gasteiger partial charge on any atom is -0.462 e. The van der Waals surface area contributed by atoms with Crippen LogP contribution in [0.3, 0.4) is 0 Å². The number of hydrogen-bond donors (Lipinski definition) is 0. The molecular weight excluding hydrogens is 829 g/mol. The molecule has 1 atom stereocenters. The van der Waals surface area contributed by atoms with Crippen LogP contribution in [0.25, 0.3) is 0 Å². The highest BCUT2D eigenvalue weighted by Crippen LogP contribution is 2.15. The summed E-state index contributed by atoms with van der Waals surface area (Å²) in [5, 5.41) is 0. The third-order valence-electron chi connectivity index (χ3n) is 11.3. The first-order chi connectivity index (χ1) is 33.0. The molecule has 0 N–H and O–H groups in total. The molecule has 0 amide bonds. The van der Waals surface area contributed by atoms with Crippen LogP contribution in [0.5, 0.6) is 0 Å². The molecule has 1 unspecified atom stereocenters. The largest absolute Gasteiger partial charge is 0.462 e. The molecule has 0 aliphatic carbocycles. The van der Waals surface area contributed by atoms with Crippen LogP contribution in [0.1, 0.15) is 239 Å². The van der Waals surface area contributed by atoms with E-state index < -0.39 is 6.10 Å². The van der Waals surface area contributed by atoms with E-state index >= 15 is 0 Å². The van der Waals surface area contributed by atoms with Crippen molar-refractivity contribution in [1.29, 1.82) is 0 Å². The summed E-state index contributed by atoms with van der Waals surface area (Å²) < 4.78 is 16.8. The number of unbranched alkanes of at least 4 members (excludes halogenated alkanes) is 19. The van der Waals surface area contributed by atoms with Gasteiger partial charge < -0.3 is 14.2 Å². The molecule has 0 aromatic heterocycles. The molecule has 0 saturated heterocycles. The Morgan fingerprint density at radius 1 is 0.313 bits per heavy atom. The van der Waals surface area contributed by atoms with Gasteiger partial charge in [-0.1, -0.05) is 233 Å². The number of rotatable bonds is 48. The fraction of sp³-hybridized carbons (Fsp3) is 0.656. The average Bonchev–Trinajstić information content (AvgIpc) is 3.33. The van der Waals surface area contributed by atoms with E-state index in [1.54, 1.807) is 0 Å². The van der Waals surface area contributed by atoms with E-state index in [1.165, 1.54) is 83.5 Å². The smallest absolute Gasteiger partial charge is 0.306 e. The molecule has 0 aromatic rings. The summed E-state index contributed by atoms with van der Waals surface area (Å²) in [5.41, 5.74) is 0. The second-order valence-corrected chi connectivity index (χ2v) is 17.7. The lowest BCUT2D eigenvalue weighted by molar-refractivity contribution is -0.167. The third kappa shape index (κ3) is 52.9. The maximum Gasteiger partial charge on any atom is 0.306 e. The summed E-state index contributed by atoms with van der Waals surface area (Å²) >= 11 is 0. The molecule has 0 rings (SSSR count). The highest BCUT2D eigenvalue weighted by Gasteiger charge is 2.19. The predicted molar refractivity (Wildman–Crippen MR) is 288 cm³/mol. The van der Waals surface area contributed by atoms with Gasteiger partial charge in [-0.15, -0.1) is 0 Å². The zero-order valence-corrected chi connectivity index (χ0v) is 43.4. The molecule has 0 aliphatic rings. The average molecular weight is 929 g/mol. The Kier molecular flexibility index (Phi) is 51.5. The van der Waals surface area contributed by atoms with Crippen molar-refractivity contribution in [3.8, 4) is 0 Å². The monoisotopic (exact) mass is 929 g/mol. The van der Waals surface area contributed by atoms with E-state index in [2.05, 4.69) is 130 Å². The van der Waals surface area contributed by atoms with Crippen molar-refractivity contribution in [3.63, 3.8) is 0 Å². The van der Waals surface area contributed by atoms with E-state index in [4.69, 9.17) is 14.2 Å². The van der Waals surface area contributed by atoms with E-state index in [-0.39, 0.29) is 44.0 Å². The van der Waals surface area contributed by atoms with Crippen molar-refractivity contribution in [2.24, 2.45) is 0 Å². The fourth-order valence-corrected chi connectivity index (χ4v) is 7.23. The lowest BCUT2D eigenvalue weighted by atomic mass is 10.0. The summed E-state index contributed by atoms with van der Waals surface area (Å²) in [6.45, 7) is 6.34. The summed E-state index contributed by atoms with van der Waals surface area (Å²) in [6, 6.07) is 0. The molecule has 0 heterocycles. The van der Waals surface area contributed by atoms with Gasteiger partial charge in [-0.25, -0.2) is 0 Å². The zero-order valence-electron chi connectivity index (χ0n) is 43.4. The van der Waals surface area contributed by atoms with Crippen molar-refractivity contribution in [2.45, 2.75) is 245 Å². The molecule has 0 saturated carbocycles. The lowest BCUT2D eigenvalue weighted by Gasteiger charge is -2.18. The van der Waals surface area contributed by atoms with Gasteiger partial charge in [0.05, 0.1) is 0 Å². The molecular formula is C61H100O6. The molecule has 67 heavy (non-hydrogen) atoms. The predicted octanol–water partition coefficient (Wildman–Crippen LogP) is 18.3. The van der Waals surface area contributed by atoms with E-state index in [1.807, 2.05) is 0 Å². The first-order valence-corrected chi connectivity index (χ1v) is 27.4. The number of hydrogen-bond acceptors (Lipinski definition) is 6. The van der Waals surface area contributed by atoms with Gasteiger partial charge in [0, 0.05) is 19.3 Å². The third-order valence-corrected chi connectivity index (χ3v) is 11.3. The molecule has 0 bridgehead atoms. The Hall–Kier alpha value is -3.93. The first-order valence-electron chi connectivity index (χ1n) is 27.4. The lowest BCUT2D eigenvalue weighted by Crippen LogP contribution is -2.30. The van der Waals surface area contributed by atoms with E-state index in [0.717, 1.165) is 103 Å². The SMILES string of the molecule is CC/C=C\C/C=C\C/C=C\C/C=C\C/C=C\CCCC(=O)OCC(COC(=O)CCCCCCCCCCCCCCCCCC)OC(=O)CCCCC/C=C\C/C=C\C/C=C\C/C=C\CC. The highest BCUT2D eigenvalue weighted by atomic mass is 16.6. The number of carbonyl (C=O) groups excluding carboxylic acids is 3. The van der Waals surface area contributed by atoms with E-state index in [0.29, 0.717) is 19.3 Å². The van der Waals surface area contributed by atoms with Crippen LogP contribution in [-0.2, 0) is 28.6 Å². The molecule has 380 valence electrons. The van der Waals surface area contributed by atoms with Crippen LogP contribution in [0.4, 0.5) is 0 Å². The van der Waals surface area contributed by atoms with Gasteiger partial charge >= 0.3 is 17.9 Å². The Morgan fingerprint density at radius 3 is 0.970 bits per heavy atom. The molecule has 6 nitrogen and oxygen atoms in total. The molecule has 0 spiro atoms. The summed E-state index contributed by atoms with van der Waals surface area (Å²) in [7, 11) is 0. The van der Waals surface area contributed by atoms with Crippen LogP contribution in [-0.4, -0.2) is 37.2 Å². The van der Waals surface area contributed by atoms with Crippen molar-refractivity contribution in [1.82, 2.24) is 0 Å². The highest BCUT2D eigenvalue weighted by molar-refractivity contribution is 5.71. The number of ether oxygens (including phenoxy) is 3. The maximum absolute atomic E-state index is 12.8. The van der Waals surface area contributed by atoms with Crippen LogP contribution in [0, 0.1) is 0 Å². The fourth-order valence-electron chi connectivity index (χ4n) is 7.23. The summed E-state index contributed by atoms with van der Waals surface area (Å²) in [5.74, 6) is -1.00. The van der Waals surface area contributed by atoms with Gasteiger partial charge in [-0.2, -0.15) is 0 Å². The van der Waals surface area contributed by atoms with Gasteiger partial charge in [-0.05, 0) is 96.3 Å².